The molecule has 3 N–H and O–H groups in total. The van der Waals surface area contributed by atoms with Gasteiger partial charge in [-0.3, -0.25) is 5.10 Å². The maximum absolute atomic E-state index is 10.1. The average molecular weight is 274 g/mol. The third-order valence-electron chi connectivity index (χ3n) is 3.82. The van der Waals surface area contributed by atoms with Gasteiger partial charge in [-0.15, -0.1) is 5.10 Å². The lowest BCUT2D eigenvalue weighted by Crippen LogP contribution is -2.22. The van der Waals surface area contributed by atoms with Gasteiger partial charge in [0.05, 0.1) is 11.8 Å². The molecule has 2 aromatic rings. The van der Waals surface area contributed by atoms with Gasteiger partial charge in [0.2, 0.25) is 0 Å². The summed E-state index contributed by atoms with van der Waals surface area (Å²) < 4.78 is 0. The van der Waals surface area contributed by atoms with E-state index in [1.54, 1.807) is 0 Å². The Kier molecular flexibility index (Phi) is 3.60. The highest BCUT2D eigenvalue weighted by atomic mass is 16.3. The molecule has 0 amide bonds. The quantitative estimate of drug-likeness (QED) is 0.765. The summed E-state index contributed by atoms with van der Waals surface area (Å²) in [4.78, 5) is 4.17. The van der Waals surface area contributed by atoms with Crippen LogP contribution in [0.25, 0.3) is 0 Å². The van der Waals surface area contributed by atoms with Crippen molar-refractivity contribution < 1.29 is 5.11 Å². The van der Waals surface area contributed by atoms with Crippen LogP contribution >= 0.6 is 0 Å². The van der Waals surface area contributed by atoms with E-state index in [1.165, 1.54) is 6.33 Å². The number of nitrogens with zero attached hydrogens (tertiary/aromatic N) is 4. The van der Waals surface area contributed by atoms with Crippen molar-refractivity contribution in [2.45, 2.75) is 31.8 Å². The molecule has 0 saturated heterocycles. The fraction of sp³-hybridized carbons (Fsp3) is 0.538. The van der Waals surface area contributed by atoms with Gasteiger partial charge in [0.25, 0.3) is 0 Å². The molecule has 7 heteroatoms. The molecule has 0 unspecified atom stereocenters. The molecule has 0 radical (unpaired) electrons. The van der Waals surface area contributed by atoms with Crippen LogP contribution in [0.5, 0.6) is 0 Å². The van der Waals surface area contributed by atoms with Gasteiger partial charge in [-0.1, -0.05) is 0 Å². The SMILES string of the molecule is Cc1ccc(NC[C@@H]2C[C@@H](c3ncn[nH]3)C[C@@H]2O)nn1. The lowest BCUT2D eigenvalue weighted by molar-refractivity contribution is 0.137. The molecule has 1 fully saturated rings. The van der Waals surface area contributed by atoms with Gasteiger partial charge >= 0.3 is 0 Å². The summed E-state index contributed by atoms with van der Waals surface area (Å²) in [5, 5.41) is 28.2. The molecular formula is C13H18N6O. The van der Waals surface area contributed by atoms with Crippen LogP contribution in [0.15, 0.2) is 18.5 Å². The Morgan fingerprint density at radius 3 is 2.95 bits per heavy atom. The molecule has 7 nitrogen and oxygen atoms in total. The lowest BCUT2D eigenvalue weighted by Gasteiger charge is -2.15. The van der Waals surface area contributed by atoms with Crippen molar-refractivity contribution in [1.29, 1.82) is 0 Å². The zero-order valence-corrected chi connectivity index (χ0v) is 11.3. The van der Waals surface area contributed by atoms with E-state index in [2.05, 4.69) is 30.7 Å². The van der Waals surface area contributed by atoms with Crippen LogP contribution in [0, 0.1) is 12.8 Å². The zero-order chi connectivity index (χ0) is 13.9. The van der Waals surface area contributed by atoms with Gasteiger partial charge in [-0.2, -0.15) is 10.2 Å². The minimum atomic E-state index is -0.323. The molecular weight excluding hydrogens is 256 g/mol. The molecule has 0 aliphatic heterocycles. The van der Waals surface area contributed by atoms with Crippen LogP contribution in [-0.4, -0.2) is 43.1 Å². The number of aromatic nitrogens is 5. The van der Waals surface area contributed by atoms with E-state index in [0.717, 1.165) is 30.2 Å². The lowest BCUT2D eigenvalue weighted by atomic mass is 10.0. The Morgan fingerprint density at radius 1 is 1.35 bits per heavy atom. The number of nitrogens with one attached hydrogen (secondary N) is 2. The maximum Gasteiger partial charge on any atom is 0.148 e. The summed E-state index contributed by atoms with van der Waals surface area (Å²) >= 11 is 0. The molecule has 2 heterocycles. The van der Waals surface area contributed by atoms with Crippen molar-refractivity contribution in [1.82, 2.24) is 25.4 Å². The van der Waals surface area contributed by atoms with Crippen LogP contribution in [0.2, 0.25) is 0 Å². The fourth-order valence-corrected chi connectivity index (χ4v) is 2.69. The standard InChI is InChI=1S/C13H18N6O/c1-8-2-3-12(18-17-8)14-6-10-4-9(5-11(10)20)13-15-7-16-19-13/h2-3,7,9-11,20H,4-6H2,1H3,(H,14,18)(H,15,16,19)/t9-,10+,11+/m1/s1. The number of aryl methyl sites for hydroxylation is 1. The van der Waals surface area contributed by atoms with Crippen molar-refractivity contribution in [2.75, 3.05) is 11.9 Å². The number of anilines is 1. The topological polar surface area (TPSA) is 99.6 Å². The second-order valence-electron chi connectivity index (χ2n) is 5.31. The first-order chi connectivity index (χ1) is 9.72. The third kappa shape index (κ3) is 2.77. The van der Waals surface area contributed by atoms with E-state index in [-0.39, 0.29) is 17.9 Å². The maximum atomic E-state index is 10.1. The second kappa shape index (κ2) is 5.54. The molecule has 0 bridgehead atoms. The molecule has 0 aromatic carbocycles. The minimum absolute atomic E-state index is 0.188. The van der Waals surface area contributed by atoms with Gasteiger partial charge in [-0.05, 0) is 31.9 Å². The molecule has 20 heavy (non-hydrogen) atoms. The number of hydrogen-bond donors (Lipinski definition) is 3. The summed E-state index contributed by atoms with van der Waals surface area (Å²) in [5.41, 5.74) is 0.891. The van der Waals surface area contributed by atoms with Crippen LogP contribution < -0.4 is 5.32 Å². The first-order valence-corrected chi connectivity index (χ1v) is 6.80. The van der Waals surface area contributed by atoms with E-state index in [9.17, 15) is 5.11 Å². The van der Waals surface area contributed by atoms with Gasteiger partial charge in [0, 0.05) is 18.4 Å². The first-order valence-electron chi connectivity index (χ1n) is 6.80. The van der Waals surface area contributed by atoms with Gasteiger partial charge < -0.3 is 10.4 Å². The summed E-state index contributed by atoms with van der Waals surface area (Å²) in [6, 6.07) is 3.81. The van der Waals surface area contributed by atoms with Crippen molar-refractivity contribution in [2.24, 2.45) is 5.92 Å². The predicted molar refractivity (Wildman–Crippen MR) is 73.1 cm³/mol. The highest BCUT2D eigenvalue weighted by molar-refractivity contribution is 5.32. The molecule has 106 valence electrons. The number of aliphatic hydroxyl groups excluding tert-OH is 1. The van der Waals surface area contributed by atoms with Crippen molar-refractivity contribution in [3.05, 3.63) is 30.0 Å². The average Bonchev–Trinajstić information content (AvgIpc) is 3.08. The van der Waals surface area contributed by atoms with Crippen LogP contribution in [-0.2, 0) is 0 Å². The van der Waals surface area contributed by atoms with E-state index < -0.39 is 0 Å². The van der Waals surface area contributed by atoms with Gasteiger partial charge in [0.15, 0.2) is 0 Å². The van der Waals surface area contributed by atoms with E-state index >= 15 is 0 Å². The highest BCUT2D eigenvalue weighted by Crippen LogP contribution is 2.36. The highest BCUT2D eigenvalue weighted by Gasteiger charge is 2.35. The number of hydrogen-bond acceptors (Lipinski definition) is 6. The van der Waals surface area contributed by atoms with E-state index in [4.69, 9.17) is 0 Å². The summed E-state index contributed by atoms with van der Waals surface area (Å²) in [6.07, 6.45) is 2.80. The largest absolute Gasteiger partial charge is 0.393 e. The molecule has 0 spiro atoms. The molecule has 2 aromatic heterocycles. The Labute approximate surface area is 116 Å². The monoisotopic (exact) mass is 274 g/mol. The first kappa shape index (κ1) is 13.0. The smallest absolute Gasteiger partial charge is 0.148 e. The number of rotatable bonds is 4. The fourth-order valence-electron chi connectivity index (χ4n) is 2.69. The summed E-state index contributed by atoms with van der Waals surface area (Å²) in [6.45, 7) is 2.59. The molecule has 1 saturated carbocycles. The Hall–Kier alpha value is -2.02. The predicted octanol–water partition coefficient (Wildman–Crippen LogP) is 0.870. The van der Waals surface area contributed by atoms with Crippen LogP contribution in [0.1, 0.15) is 30.3 Å². The zero-order valence-electron chi connectivity index (χ0n) is 11.3. The third-order valence-corrected chi connectivity index (χ3v) is 3.82. The minimum Gasteiger partial charge on any atom is -0.393 e. The van der Waals surface area contributed by atoms with Crippen molar-refractivity contribution >= 4 is 5.82 Å². The molecule has 1 aliphatic carbocycles. The Bertz CT molecular complexity index is 540. The van der Waals surface area contributed by atoms with Crippen molar-refractivity contribution in [3.8, 4) is 0 Å². The Morgan fingerprint density at radius 2 is 2.25 bits per heavy atom. The molecule has 1 aliphatic rings. The second-order valence-corrected chi connectivity index (χ2v) is 5.31. The van der Waals surface area contributed by atoms with Crippen molar-refractivity contribution in [3.63, 3.8) is 0 Å². The molecule has 3 atom stereocenters. The number of aliphatic hydroxyl groups is 1. The normalized spacial score (nSPS) is 25.8. The van der Waals surface area contributed by atoms with Crippen LogP contribution in [0.4, 0.5) is 5.82 Å². The molecule has 3 rings (SSSR count). The number of aromatic amines is 1. The van der Waals surface area contributed by atoms with Crippen LogP contribution in [0.3, 0.4) is 0 Å². The number of H-pyrrole nitrogens is 1. The van der Waals surface area contributed by atoms with Gasteiger partial charge in [0.1, 0.15) is 18.0 Å². The van der Waals surface area contributed by atoms with E-state index in [0.29, 0.717) is 6.54 Å². The Balaban J connectivity index is 1.57. The van der Waals surface area contributed by atoms with E-state index in [1.807, 2.05) is 19.1 Å². The summed E-state index contributed by atoms with van der Waals surface area (Å²) in [7, 11) is 0. The van der Waals surface area contributed by atoms with Gasteiger partial charge in [-0.25, -0.2) is 4.98 Å². The summed E-state index contributed by atoms with van der Waals surface area (Å²) in [5.74, 6) is 2.05.